The predicted molar refractivity (Wildman–Crippen MR) is 71.2 cm³/mol. The highest BCUT2D eigenvalue weighted by molar-refractivity contribution is 5.83. The van der Waals surface area contributed by atoms with E-state index >= 15 is 0 Å². The minimum Gasteiger partial charge on any atom is -0.480 e. The Kier molecular flexibility index (Phi) is 6.83. The molecule has 1 rings (SSSR count). The summed E-state index contributed by atoms with van der Waals surface area (Å²) >= 11 is 0. The lowest BCUT2D eigenvalue weighted by atomic mass is 10.1. The van der Waals surface area contributed by atoms with Crippen molar-refractivity contribution in [1.82, 2.24) is 10.2 Å². The Morgan fingerprint density at radius 3 is 2.70 bits per heavy atom. The van der Waals surface area contributed by atoms with Gasteiger partial charge in [-0.3, -0.25) is 4.79 Å². The zero-order chi connectivity index (χ0) is 15.0. The Morgan fingerprint density at radius 2 is 2.05 bits per heavy atom. The second kappa shape index (κ2) is 8.39. The number of amides is 2. The molecular weight excluding hydrogens is 264 g/mol. The van der Waals surface area contributed by atoms with Crippen LogP contribution in [0.5, 0.6) is 0 Å². The highest BCUT2D eigenvalue weighted by atomic mass is 16.5. The van der Waals surface area contributed by atoms with Crippen LogP contribution >= 0.6 is 0 Å². The van der Waals surface area contributed by atoms with Gasteiger partial charge in [-0.05, 0) is 19.8 Å². The fourth-order valence-corrected chi connectivity index (χ4v) is 2.21. The van der Waals surface area contributed by atoms with Crippen molar-refractivity contribution >= 4 is 18.0 Å². The van der Waals surface area contributed by atoms with E-state index in [1.165, 1.54) is 4.90 Å². The van der Waals surface area contributed by atoms with Crippen molar-refractivity contribution in [2.45, 2.75) is 45.1 Å². The number of aliphatic carboxylic acids is 1. The van der Waals surface area contributed by atoms with Crippen molar-refractivity contribution in [3.63, 3.8) is 0 Å². The first-order valence-corrected chi connectivity index (χ1v) is 6.99. The summed E-state index contributed by atoms with van der Waals surface area (Å²) in [6, 6.07) is -1.20. The fourth-order valence-electron chi connectivity index (χ4n) is 2.21. The van der Waals surface area contributed by atoms with E-state index in [9.17, 15) is 19.5 Å². The number of rotatable bonds is 5. The fraction of sp³-hybridized carbons (Fsp3) is 0.769. The average molecular weight is 286 g/mol. The lowest BCUT2D eigenvalue weighted by Gasteiger charge is -2.27. The van der Waals surface area contributed by atoms with Crippen molar-refractivity contribution in [3.05, 3.63) is 0 Å². The standard InChI is InChI=1S/C13H22N2O5/c1-2-20-11(16)7-8-14-13(19)15-9-5-3-4-6-10(15)12(17)18/h10H,2-9H2,1H3,(H,14,19)(H,17,18). The van der Waals surface area contributed by atoms with Crippen molar-refractivity contribution in [2.24, 2.45) is 0 Å². The number of carboxylic acid groups (broad SMARTS) is 1. The third-order valence-corrected chi connectivity index (χ3v) is 3.21. The third kappa shape index (κ3) is 5.07. The predicted octanol–water partition coefficient (Wildman–Crippen LogP) is 0.978. The third-order valence-electron chi connectivity index (χ3n) is 3.21. The van der Waals surface area contributed by atoms with Gasteiger partial charge in [0.1, 0.15) is 6.04 Å². The van der Waals surface area contributed by atoms with E-state index in [4.69, 9.17) is 4.74 Å². The molecule has 0 saturated carbocycles. The molecule has 2 N–H and O–H groups in total. The maximum Gasteiger partial charge on any atom is 0.326 e. The first-order valence-electron chi connectivity index (χ1n) is 6.99. The smallest absolute Gasteiger partial charge is 0.326 e. The number of hydrogen-bond donors (Lipinski definition) is 2. The first kappa shape index (κ1) is 16.3. The summed E-state index contributed by atoms with van der Waals surface area (Å²) in [7, 11) is 0. The molecule has 0 aromatic rings. The number of carboxylic acids is 1. The van der Waals surface area contributed by atoms with Gasteiger partial charge >= 0.3 is 18.0 Å². The Labute approximate surface area is 118 Å². The second-order valence-electron chi connectivity index (χ2n) is 4.68. The van der Waals surface area contributed by atoms with Crippen molar-refractivity contribution in [3.8, 4) is 0 Å². The molecule has 1 heterocycles. The van der Waals surface area contributed by atoms with Crippen LogP contribution in [0.15, 0.2) is 0 Å². The van der Waals surface area contributed by atoms with Gasteiger partial charge in [0.2, 0.25) is 0 Å². The van der Waals surface area contributed by atoms with Crippen LogP contribution in [0.2, 0.25) is 0 Å². The van der Waals surface area contributed by atoms with E-state index < -0.39 is 18.0 Å². The van der Waals surface area contributed by atoms with Crippen LogP contribution in [0, 0.1) is 0 Å². The Morgan fingerprint density at radius 1 is 1.30 bits per heavy atom. The van der Waals surface area contributed by atoms with Crippen LogP contribution in [0.1, 0.15) is 39.0 Å². The lowest BCUT2D eigenvalue weighted by Crippen LogP contribution is -2.49. The van der Waals surface area contributed by atoms with Crippen molar-refractivity contribution in [2.75, 3.05) is 19.7 Å². The molecule has 0 bridgehead atoms. The first-order chi connectivity index (χ1) is 9.56. The summed E-state index contributed by atoms with van der Waals surface area (Å²) in [6.07, 6.45) is 3.10. The summed E-state index contributed by atoms with van der Waals surface area (Å²) < 4.78 is 4.75. The van der Waals surface area contributed by atoms with Gasteiger partial charge in [0.25, 0.3) is 0 Å². The van der Waals surface area contributed by atoms with Crippen LogP contribution in [-0.4, -0.2) is 53.7 Å². The molecule has 1 fully saturated rings. The number of esters is 1. The van der Waals surface area contributed by atoms with E-state index in [0.29, 0.717) is 19.6 Å². The Balaban J connectivity index is 2.46. The van der Waals surface area contributed by atoms with Gasteiger partial charge in [-0.2, -0.15) is 0 Å². The number of likely N-dealkylation sites (tertiary alicyclic amines) is 1. The molecule has 1 atom stereocenters. The van der Waals surface area contributed by atoms with Crippen LogP contribution in [0.3, 0.4) is 0 Å². The molecule has 0 aliphatic carbocycles. The summed E-state index contributed by atoms with van der Waals surface area (Å²) in [5.41, 5.74) is 0. The van der Waals surface area contributed by atoms with Crippen LogP contribution in [-0.2, 0) is 14.3 Å². The monoisotopic (exact) mass is 286 g/mol. The molecule has 7 nitrogen and oxygen atoms in total. The Bertz CT molecular complexity index is 359. The van der Waals surface area contributed by atoms with E-state index in [-0.39, 0.29) is 18.9 Å². The molecule has 114 valence electrons. The number of carbonyl (C=O) groups excluding carboxylic acids is 2. The molecule has 2 amide bonds. The molecule has 1 saturated heterocycles. The van der Waals surface area contributed by atoms with Crippen molar-refractivity contribution < 1.29 is 24.2 Å². The second-order valence-corrected chi connectivity index (χ2v) is 4.68. The highest BCUT2D eigenvalue weighted by Crippen LogP contribution is 2.17. The zero-order valence-corrected chi connectivity index (χ0v) is 11.8. The van der Waals surface area contributed by atoms with Crippen LogP contribution in [0.4, 0.5) is 4.79 Å². The largest absolute Gasteiger partial charge is 0.480 e. The summed E-state index contributed by atoms with van der Waals surface area (Å²) in [6.45, 7) is 2.61. The highest BCUT2D eigenvalue weighted by Gasteiger charge is 2.30. The molecule has 0 spiro atoms. The van der Waals surface area contributed by atoms with E-state index in [1.807, 2.05) is 0 Å². The normalized spacial score (nSPS) is 19.1. The minimum absolute atomic E-state index is 0.0885. The van der Waals surface area contributed by atoms with Gasteiger partial charge in [0, 0.05) is 13.1 Å². The lowest BCUT2D eigenvalue weighted by molar-refractivity contribution is -0.143. The quantitative estimate of drug-likeness (QED) is 0.734. The topological polar surface area (TPSA) is 95.9 Å². The maximum absolute atomic E-state index is 12.0. The summed E-state index contributed by atoms with van der Waals surface area (Å²) in [5.74, 6) is -1.36. The number of hydrogen-bond acceptors (Lipinski definition) is 4. The van der Waals surface area contributed by atoms with Gasteiger partial charge in [0.15, 0.2) is 0 Å². The van der Waals surface area contributed by atoms with Gasteiger partial charge < -0.3 is 20.1 Å². The van der Waals surface area contributed by atoms with Crippen LogP contribution < -0.4 is 5.32 Å². The summed E-state index contributed by atoms with van der Waals surface area (Å²) in [4.78, 5) is 35.7. The molecule has 1 aliphatic rings. The molecule has 0 radical (unpaired) electrons. The molecule has 1 unspecified atom stereocenters. The number of carbonyl (C=O) groups is 3. The maximum atomic E-state index is 12.0. The Hall–Kier alpha value is -1.79. The average Bonchev–Trinajstić information content (AvgIpc) is 2.64. The van der Waals surface area contributed by atoms with Gasteiger partial charge in [-0.25, -0.2) is 9.59 Å². The molecule has 20 heavy (non-hydrogen) atoms. The van der Waals surface area contributed by atoms with Gasteiger partial charge in [-0.15, -0.1) is 0 Å². The van der Waals surface area contributed by atoms with E-state index in [1.54, 1.807) is 6.92 Å². The van der Waals surface area contributed by atoms with E-state index in [2.05, 4.69) is 5.32 Å². The molecule has 7 heteroatoms. The number of nitrogens with zero attached hydrogens (tertiary/aromatic N) is 1. The number of ether oxygens (including phenoxy) is 1. The zero-order valence-electron chi connectivity index (χ0n) is 11.8. The molecular formula is C13H22N2O5. The van der Waals surface area contributed by atoms with Crippen LogP contribution in [0.25, 0.3) is 0 Å². The number of nitrogens with one attached hydrogen (secondary N) is 1. The summed E-state index contributed by atoms with van der Waals surface area (Å²) in [5, 5.41) is 11.7. The molecule has 1 aliphatic heterocycles. The van der Waals surface area contributed by atoms with Crippen molar-refractivity contribution in [1.29, 1.82) is 0 Å². The molecule has 0 aromatic carbocycles. The molecule has 0 aromatic heterocycles. The van der Waals surface area contributed by atoms with Gasteiger partial charge in [-0.1, -0.05) is 12.8 Å². The van der Waals surface area contributed by atoms with Gasteiger partial charge in [0.05, 0.1) is 13.0 Å². The SMILES string of the molecule is CCOC(=O)CCNC(=O)N1CCCCCC1C(=O)O. The number of urea groups is 1. The van der Waals surface area contributed by atoms with E-state index in [0.717, 1.165) is 19.3 Å². The minimum atomic E-state index is -0.979.